The number of esters is 1. The Morgan fingerprint density at radius 1 is 1.22 bits per heavy atom. The number of aromatic nitrogens is 1. The van der Waals surface area contributed by atoms with Crippen molar-refractivity contribution >= 4 is 68.6 Å². The normalized spacial score (nSPS) is 15.9. The Bertz CT molecular complexity index is 1260. The van der Waals surface area contributed by atoms with Crippen molar-refractivity contribution in [3.05, 3.63) is 62.2 Å². The van der Waals surface area contributed by atoms with Crippen molar-refractivity contribution in [3.63, 3.8) is 0 Å². The minimum absolute atomic E-state index is 0. The molecule has 2 heterocycles. The first kappa shape index (κ1) is 27.6. The van der Waals surface area contributed by atoms with Gasteiger partial charge >= 0.3 is 5.97 Å². The van der Waals surface area contributed by atoms with E-state index in [-0.39, 0.29) is 24.1 Å². The molecule has 2 aromatic carbocycles. The molecule has 36 heavy (non-hydrogen) atoms. The Hall–Kier alpha value is -1.38. The van der Waals surface area contributed by atoms with Crippen LogP contribution in [0.3, 0.4) is 0 Å². The van der Waals surface area contributed by atoms with E-state index < -0.39 is 0 Å². The van der Waals surface area contributed by atoms with Gasteiger partial charge in [0.15, 0.2) is 0 Å². The van der Waals surface area contributed by atoms with Crippen molar-refractivity contribution in [2.24, 2.45) is 0 Å². The van der Waals surface area contributed by atoms with Gasteiger partial charge in [0.1, 0.15) is 5.75 Å². The Morgan fingerprint density at radius 2 is 1.97 bits per heavy atom. The van der Waals surface area contributed by atoms with Gasteiger partial charge in [-0.1, -0.05) is 23.7 Å². The molecule has 1 aromatic heterocycles. The van der Waals surface area contributed by atoms with Crippen LogP contribution >= 0.6 is 51.7 Å². The van der Waals surface area contributed by atoms with Crippen LogP contribution in [-0.4, -0.2) is 40.2 Å². The number of thioether (sulfide) groups is 1. The van der Waals surface area contributed by atoms with Crippen molar-refractivity contribution in [2.75, 3.05) is 19.7 Å². The molecular formula is C27H31BrCl2N2O3S. The molecule has 0 spiro atoms. The molecule has 5 nitrogen and oxygen atoms in total. The van der Waals surface area contributed by atoms with E-state index >= 15 is 0 Å². The second kappa shape index (κ2) is 12.0. The number of benzene rings is 2. The summed E-state index contributed by atoms with van der Waals surface area (Å²) in [6.45, 7) is 4.79. The standard InChI is InChI=1S/C27H30BrClN2O3S.ClH/c1-2-34-27(33)25-23(16-35-15-17-6-5-7-18(29)12-17)31(19-8-9-19)22-13-21(28)26(32)20(24(22)25)14-30-10-3-4-11-30;/h5-7,12-13,19,32H,2-4,8-11,14-16H2,1H3;1H. The minimum Gasteiger partial charge on any atom is -0.506 e. The van der Waals surface area contributed by atoms with Gasteiger partial charge in [-0.15, -0.1) is 12.4 Å². The monoisotopic (exact) mass is 612 g/mol. The van der Waals surface area contributed by atoms with Gasteiger partial charge in [-0.25, -0.2) is 4.79 Å². The lowest BCUT2D eigenvalue weighted by Gasteiger charge is -2.18. The summed E-state index contributed by atoms with van der Waals surface area (Å²) in [5.41, 5.74) is 4.59. The highest BCUT2D eigenvalue weighted by Crippen LogP contribution is 2.47. The predicted molar refractivity (Wildman–Crippen MR) is 154 cm³/mol. The lowest BCUT2D eigenvalue weighted by molar-refractivity contribution is 0.0527. The Morgan fingerprint density at radius 3 is 2.64 bits per heavy atom. The summed E-state index contributed by atoms with van der Waals surface area (Å²) in [6, 6.07) is 10.3. The number of nitrogens with zero attached hydrogens (tertiary/aromatic N) is 2. The summed E-state index contributed by atoms with van der Waals surface area (Å²) in [7, 11) is 0. The zero-order valence-electron chi connectivity index (χ0n) is 20.3. The molecule has 0 atom stereocenters. The first-order chi connectivity index (χ1) is 17.0. The quantitative estimate of drug-likeness (QED) is 0.250. The maximum absolute atomic E-state index is 13.4. The summed E-state index contributed by atoms with van der Waals surface area (Å²) in [6.07, 6.45) is 4.52. The molecule has 2 aliphatic rings. The number of phenols is 1. The number of likely N-dealkylation sites (tertiary alicyclic amines) is 1. The number of carbonyl (C=O) groups is 1. The summed E-state index contributed by atoms with van der Waals surface area (Å²) in [5.74, 6) is 1.39. The molecule has 0 amide bonds. The molecule has 1 saturated heterocycles. The van der Waals surface area contributed by atoms with Crippen LogP contribution in [0.1, 0.15) is 65.8 Å². The maximum Gasteiger partial charge on any atom is 0.340 e. The fraction of sp³-hybridized carbons (Fsp3) is 0.444. The van der Waals surface area contributed by atoms with Crippen molar-refractivity contribution < 1.29 is 14.6 Å². The van der Waals surface area contributed by atoms with E-state index in [1.165, 1.54) is 0 Å². The van der Waals surface area contributed by atoms with Crippen molar-refractivity contribution in [1.82, 2.24) is 9.47 Å². The van der Waals surface area contributed by atoms with Crippen LogP contribution in [0.4, 0.5) is 0 Å². The van der Waals surface area contributed by atoms with E-state index in [2.05, 4.69) is 31.5 Å². The molecule has 2 fully saturated rings. The second-order valence-corrected chi connectivity index (χ2v) is 11.6. The highest BCUT2D eigenvalue weighted by molar-refractivity contribution is 9.10. The number of halogens is 3. The van der Waals surface area contributed by atoms with Crippen LogP contribution in [0.15, 0.2) is 34.8 Å². The van der Waals surface area contributed by atoms with Crippen LogP contribution in [0.2, 0.25) is 5.02 Å². The molecule has 1 aliphatic carbocycles. The van der Waals surface area contributed by atoms with Gasteiger partial charge in [0.25, 0.3) is 0 Å². The molecular weight excluding hydrogens is 583 g/mol. The SMILES string of the molecule is CCOC(=O)c1c(CSCc2cccc(Cl)c2)n(C2CC2)c2cc(Br)c(O)c(CN3CCCC3)c12.Cl. The average molecular weight is 614 g/mol. The van der Waals surface area contributed by atoms with Crippen LogP contribution in [-0.2, 0) is 22.8 Å². The third-order valence-corrected chi connectivity index (χ3v) is 8.65. The molecule has 9 heteroatoms. The van der Waals surface area contributed by atoms with Crippen molar-refractivity contribution in [3.8, 4) is 5.75 Å². The van der Waals surface area contributed by atoms with Gasteiger partial charge in [-0.05, 0) is 85.4 Å². The lowest BCUT2D eigenvalue weighted by atomic mass is 10.0. The van der Waals surface area contributed by atoms with Crippen LogP contribution in [0.25, 0.3) is 10.9 Å². The fourth-order valence-electron chi connectivity index (χ4n) is 5.08. The van der Waals surface area contributed by atoms with Gasteiger partial charge < -0.3 is 14.4 Å². The largest absolute Gasteiger partial charge is 0.506 e. The molecule has 5 rings (SSSR count). The van der Waals surface area contributed by atoms with Gasteiger partial charge in [0, 0.05) is 45.8 Å². The number of ether oxygens (including phenoxy) is 1. The number of hydrogen-bond donors (Lipinski definition) is 1. The third-order valence-electron chi connectivity index (χ3n) is 6.79. The summed E-state index contributed by atoms with van der Waals surface area (Å²) >= 11 is 11.5. The molecule has 0 bridgehead atoms. The molecule has 0 unspecified atom stereocenters. The zero-order valence-corrected chi connectivity index (χ0v) is 24.2. The van der Waals surface area contributed by atoms with Crippen LogP contribution in [0, 0.1) is 0 Å². The predicted octanol–water partition coefficient (Wildman–Crippen LogP) is 7.73. The van der Waals surface area contributed by atoms with E-state index in [4.69, 9.17) is 16.3 Å². The van der Waals surface area contributed by atoms with Gasteiger partial charge in [0.2, 0.25) is 0 Å². The Kier molecular flexibility index (Phi) is 9.21. The van der Waals surface area contributed by atoms with Crippen LogP contribution < -0.4 is 0 Å². The molecule has 1 N–H and O–H groups in total. The number of rotatable bonds is 9. The molecule has 1 saturated carbocycles. The molecule has 194 valence electrons. The molecule has 0 radical (unpaired) electrons. The van der Waals surface area contributed by atoms with E-state index in [1.807, 2.05) is 31.2 Å². The first-order valence-corrected chi connectivity index (χ1v) is 14.6. The van der Waals surface area contributed by atoms with Gasteiger partial charge in [-0.3, -0.25) is 4.90 Å². The second-order valence-electron chi connectivity index (χ2n) is 9.33. The summed E-state index contributed by atoms with van der Waals surface area (Å²) in [5, 5.41) is 12.7. The maximum atomic E-state index is 13.4. The summed E-state index contributed by atoms with van der Waals surface area (Å²) < 4.78 is 8.59. The van der Waals surface area contributed by atoms with E-state index in [9.17, 15) is 9.90 Å². The number of aromatic hydroxyl groups is 1. The minimum atomic E-state index is -0.306. The zero-order chi connectivity index (χ0) is 24.5. The number of hydrogen-bond acceptors (Lipinski definition) is 5. The Balaban J connectivity index is 0.00000304. The van der Waals surface area contributed by atoms with E-state index in [0.29, 0.717) is 35.0 Å². The topological polar surface area (TPSA) is 54.7 Å². The van der Waals surface area contributed by atoms with Crippen molar-refractivity contribution in [1.29, 1.82) is 0 Å². The third kappa shape index (κ3) is 5.70. The smallest absolute Gasteiger partial charge is 0.340 e. The molecule has 1 aliphatic heterocycles. The van der Waals surface area contributed by atoms with E-state index in [1.54, 1.807) is 11.8 Å². The highest BCUT2D eigenvalue weighted by atomic mass is 79.9. The molecule has 3 aromatic rings. The number of fused-ring (bicyclic) bond motifs is 1. The number of carbonyl (C=O) groups excluding carboxylic acids is 1. The number of phenolic OH excluding ortho intramolecular Hbond substituents is 1. The summed E-state index contributed by atoms with van der Waals surface area (Å²) in [4.78, 5) is 15.8. The average Bonchev–Trinajstić information content (AvgIpc) is 3.43. The fourth-order valence-corrected chi connectivity index (χ4v) is 6.75. The van der Waals surface area contributed by atoms with Crippen molar-refractivity contribution in [2.45, 2.75) is 56.7 Å². The van der Waals surface area contributed by atoms with E-state index in [0.717, 1.165) is 77.3 Å². The van der Waals surface area contributed by atoms with Gasteiger partial charge in [0.05, 0.1) is 22.2 Å². The lowest BCUT2D eigenvalue weighted by Crippen LogP contribution is -2.19. The Labute approximate surface area is 236 Å². The van der Waals surface area contributed by atoms with Gasteiger partial charge in [-0.2, -0.15) is 11.8 Å². The highest BCUT2D eigenvalue weighted by Gasteiger charge is 2.34. The van der Waals surface area contributed by atoms with Crippen LogP contribution in [0.5, 0.6) is 5.75 Å². The first-order valence-electron chi connectivity index (χ1n) is 12.3.